The number of hydrogen-bond acceptors (Lipinski definition) is 2. The fourth-order valence-corrected chi connectivity index (χ4v) is 2.32. The Hall–Kier alpha value is -2.00. The lowest BCUT2D eigenvalue weighted by atomic mass is 9.86. The van der Waals surface area contributed by atoms with E-state index < -0.39 is 0 Å². The van der Waals surface area contributed by atoms with Gasteiger partial charge in [-0.1, -0.05) is 51.1 Å². The van der Waals surface area contributed by atoms with Crippen molar-refractivity contribution in [2.75, 3.05) is 5.73 Å². The second-order valence-corrected chi connectivity index (χ2v) is 6.69. The van der Waals surface area contributed by atoms with E-state index in [4.69, 9.17) is 5.73 Å². The minimum Gasteiger partial charge on any atom is -0.399 e. The number of rotatable bonds is 3. The second-order valence-electron chi connectivity index (χ2n) is 6.69. The highest BCUT2D eigenvalue weighted by atomic mass is 35.5. The van der Waals surface area contributed by atoms with Gasteiger partial charge >= 0.3 is 0 Å². The Kier molecular flexibility index (Phi) is 6.22. The van der Waals surface area contributed by atoms with Gasteiger partial charge in [0.05, 0.1) is 6.04 Å². The fraction of sp³-hybridized carbons (Fsp3) is 0.316. The number of carbonyl (C=O) groups is 1. The smallest absolute Gasteiger partial charge is 0.251 e. The minimum atomic E-state index is -0.111. The summed E-state index contributed by atoms with van der Waals surface area (Å²) in [6.45, 7) is 8.54. The standard InChI is InChI=1S/C19H24N2O.ClH/c1-13(14-8-10-16(11-9-14)19(2,3)4)21-18(22)15-6-5-7-17(20)12-15;/h5-13H,20H2,1-4H3,(H,21,22);1H. The number of nitrogens with one attached hydrogen (secondary N) is 1. The van der Waals surface area contributed by atoms with Crippen molar-refractivity contribution in [3.63, 3.8) is 0 Å². The summed E-state index contributed by atoms with van der Waals surface area (Å²) in [4.78, 5) is 12.2. The van der Waals surface area contributed by atoms with E-state index in [1.165, 1.54) is 5.56 Å². The summed E-state index contributed by atoms with van der Waals surface area (Å²) in [7, 11) is 0. The van der Waals surface area contributed by atoms with Crippen molar-refractivity contribution in [2.45, 2.75) is 39.2 Å². The number of nitrogens with two attached hydrogens (primary N) is 1. The summed E-state index contributed by atoms with van der Waals surface area (Å²) in [6, 6.07) is 15.3. The van der Waals surface area contributed by atoms with Crippen LogP contribution in [0, 0.1) is 0 Å². The number of anilines is 1. The van der Waals surface area contributed by atoms with Crippen molar-refractivity contribution < 1.29 is 4.79 Å². The molecule has 4 heteroatoms. The highest BCUT2D eigenvalue weighted by molar-refractivity contribution is 5.95. The van der Waals surface area contributed by atoms with Crippen LogP contribution >= 0.6 is 12.4 Å². The van der Waals surface area contributed by atoms with Crippen LogP contribution in [-0.4, -0.2) is 5.91 Å². The number of nitrogen functional groups attached to an aromatic ring is 1. The molecule has 0 bridgehead atoms. The van der Waals surface area contributed by atoms with Gasteiger partial charge in [0.1, 0.15) is 0 Å². The van der Waals surface area contributed by atoms with Gasteiger partial charge in [0, 0.05) is 11.3 Å². The lowest BCUT2D eigenvalue weighted by Crippen LogP contribution is -2.26. The average Bonchev–Trinajstić information content (AvgIpc) is 2.46. The molecule has 0 spiro atoms. The summed E-state index contributed by atoms with van der Waals surface area (Å²) in [5.41, 5.74) is 9.39. The van der Waals surface area contributed by atoms with E-state index >= 15 is 0 Å². The molecule has 3 nitrogen and oxygen atoms in total. The molecule has 1 unspecified atom stereocenters. The molecule has 1 amide bonds. The highest BCUT2D eigenvalue weighted by Gasteiger charge is 2.15. The van der Waals surface area contributed by atoms with Crippen LogP contribution in [0.4, 0.5) is 5.69 Å². The van der Waals surface area contributed by atoms with Gasteiger partial charge in [-0.15, -0.1) is 12.4 Å². The summed E-state index contributed by atoms with van der Waals surface area (Å²) in [6.07, 6.45) is 0. The molecule has 0 saturated carbocycles. The second kappa shape index (κ2) is 7.51. The maximum absolute atomic E-state index is 12.2. The van der Waals surface area contributed by atoms with E-state index in [9.17, 15) is 4.79 Å². The molecule has 0 aliphatic heterocycles. The summed E-state index contributed by atoms with van der Waals surface area (Å²) >= 11 is 0. The van der Waals surface area contributed by atoms with Crippen LogP contribution in [0.25, 0.3) is 0 Å². The minimum absolute atomic E-state index is 0. The SMILES string of the molecule is CC(NC(=O)c1cccc(N)c1)c1ccc(C(C)(C)C)cc1.Cl. The average molecular weight is 333 g/mol. The van der Waals surface area contributed by atoms with Gasteiger partial charge in [0.2, 0.25) is 0 Å². The van der Waals surface area contributed by atoms with Crippen molar-refractivity contribution in [1.29, 1.82) is 0 Å². The molecule has 124 valence electrons. The first kappa shape index (κ1) is 19.0. The van der Waals surface area contributed by atoms with Crippen LogP contribution in [-0.2, 0) is 5.41 Å². The van der Waals surface area contributed by atoms with Crippen LogP contribution in [0.15, 0.2) is 48.5 Å². The molecule has 0 radical (unpaired) electrons. The number of hydrogen-bond donors (Lipinski definition) is 2. The van der Waals surface area contributed by atoms with E-state index in [0.717, 1.165) is 5.56 Å². The molecule has 3 N–H and O–H groups in total. The molecule has 0 saturated heterocycles. The van der Waals surface area contributed by atoms with Crippen LogP contribution < -0.4 is 11.1 Å². The number of carbonyl (C=O) groups excluding carboxylic acids is 1. The predicted octanol–water partition coefficient (Wildman–Crippen LogP) is 4.48. The van der Waals surface area contributed by atoms with E-state index in [0.29, 0.717) is 11.3 Å². The van der Waals surface area contributed by atoms with Gasteiger partial charge in [-0.2, -0.15) is 0 Å². The third kappa shape index (κ3) is 5.00. The molecule has 0 aromatic heterocycles. The maximum atomic E-state index is 12.2. The van der Waals surface area contributed by atoms with E-state index in [-0.39, 0.29) is 29.8 Å². The normalized spacial score (nSPS) is 12.2. The molecular formula is C19H25ClN2O. The third-order valence-electron chi connectivity index (χ3n) is 3.77. The first-order valence-corrected chi connectivity index (χ1v) is 7.54. The zero-order valence-electron chi connectivity index (χ0n) is 14.1. The molecule has 0 fully saturated rings. The van der Waals surface area contributed by atoms with Crippen molar-refractivity contribution in [1.82, 2.24) is 5.32 Å². The summed E-state index contributed by atoms with van der Waals surface area (Å²) in [5.74, 6) is -0.111. The molecule has 23 heavy (non-hydrogen) atoms. The molecular weight excluding hydrogens is 308 g/mol. The Balaban J connectivity index is 0.00000264. The van der Waals surface area contributed by atoms with Crippen molar-refractivity contribution in [3.8, 4) is 0 Å². The van der Waals surface area contributed by atoms with Crippen LogP contribution in [0.3, 0.4) is 0 Å². The zero-order valence-corrected chi connectivity index (χ0v) is 14.9. The quantitative estimate of drug-likeness (QED) is 0.814. The van der Waals surface area contributed by atoms with Gasteiger partial charge in [0.15, 0.2) is 0 Å². The Morgan fingerprint density at radius 3 is 2.22 bits per heavy atom. The highest BCUT2D eigenvalue weighted by Crippen LogP contribution is 2.24. The monoisotopic (exact) mass is 332 g/mol. The molecule has 1 atom stereocenters. The van der Waals surface area contributed by atoms with Gasteiger partial charge in [-0.25, -0.2) is 0 Å². The molecule has 2 rings (SSSR count). The van der Waals surface area contributed by atoms with Gasteiger partial charge in [-0.05, 0) is 41.7 Å². The molecule has 0 heterocycles. The van der Waals surface area contributed by atoms with Gasteiger partial charge in [0.25, 0.3) is 5.91 Å². The first-order valence-electron chi connectivity index (χ1n) is 7.54. The van der Waals surface area contributed by atoms with Crippen molar-refractivity contribution >= 4 is 24.0 Å². The van der Waals surface area contributed by atoms with Gasteiger partial charge in [-0.3, -0.25) is 4.79 Å². The molecule has 0 aliphatic rings. The predicted molar refractivity (Wildman–Crippen MR) is 99.1 cm³/mol. The van der Waals surface area contributed by atoms with Gasteiger partial charge < -0.3 is 11.1 Å². The third-order valence-corrected chi connectivity index (χ3v) is 3.77. The summed E-state index contributed by atoms with van der Waals surface area (Å²) < 4.78 is 0. The molecule has 0 aliphatic carbocycles. The number of benzene rings is 2. The Labute approximate surface area is 144 Å². The Morgan fingerprint density at radius 1 is 1.09 bits per heavy atom. The molecule has 2 aromatic rings. The van der Waals surface area contributed by atoms with E-state index in [2.05, 4.69) is 50.4 Å². The van der Waals surface area contributed by atoms with E-state index in [1.54, 1.807) is 24.3 Å². The van der Waals surface area contributed by atoms with Crippen molar-refractivity contribution in [3.05, 3.63) is 65.2 Å². The largest absolute Gasteiger partial charge is 0.399 e. The molecule has 2 aromatic carbocycles. The fourth-order valence-electron chi connectivity index (χ4n) is 2.32. The van der Waals surface area contributed by atoms with Crippen LogP contribution in [0.5, 0.6) is 0 Å². The number of halogens is 1. The van der Waals surface area contributed by atoms with E-state index in [1.807, 2.05) is 6.92 Å². The zero-order chi connectivity index (χ0) is 16.3. The lowest BCUT2D eigenvalue weighted by molar-refractivity contribution is 0.0940. The Bertz CT molecular complexity index is 660. The number of amides is 1. The van der Waals surface area contributed by atoms with Crippen LogP contribution in [0.1, 0.15) is 55.2 Å². The Morgan fingerprint density at radius 2 is 1.70 bits per heavy atom. The topological polar surface area (TPSA) is 55.1 Å². The first-order chi connectivity index (χ1) is 10.3. The summed E-state index contributed by atoms with van der Waals surface area (Å²) in [5, 5.41) is 3.00. The maximum Gasteiger partial charge on any atom is 0.251 e. The van der Waals surface area contributed by atoms with Crippen molar-refractivity contribution in [2.24, 2.45) is 0 Å². The van der Waals surface area contributed by atoms with Crippen LogP contribution in [0.2, 0.25) is 0 Å². The lowest BCUT2D eigenvalue weighted by Gasteiger charge is -2.20.